The predicted molar refractivity (Wildman–Crippen MR) is 89.4 cm³/mol. The second kappa shape index (κ2) is 5.82. The van der Waals surface area contributed by atoms with Crippen LogP contribution in [0, 0.1) is 5.92 Å². The molecule has 1 fully saturated rings. The van der Waals surface area contributed by atoms with Crippen LogP contribution in [0.3, 0.4) is 0 Å². The van der Waals surface area contributed by atoms with E-state index in [-0.39, 0.29) is 24.1 Å². The average molecular weight is 314 g/mol. The quantitative estimate of drug-likeness (QED) is 0.882. The number of amides is 2. The number of carbonyl (C=O) groups excluding carboxylic acids is 1. The molecule has 1 saturated heterocycles. The Kier molecular flexibility index (Phi) is 3.80. The van der Waals surface area contributed by atoms with Crippen molar-refractivity contribution >= 4 is 6.03 Å². The van der Waals surface area contributed by atoms with Crippen molar-refractivity contribution in [2.45, 2.75) is 57.1 Å². The molecule has 1 aromatic rings. The number of carbonyl (C=O) groups is 1. The number of hydrogen-bond acceptors (Lipinski definition) is 2. The molecule has 4 heteroatoms. The molecule has 0 saturated carbocycles. The first-order chi connectivity index (χ1) is 11.1. The van der Waals surface area contributed by atoms with Gasteiger partial charge in [-0.25, -0.2) is 4.79 Å². The topological polar surface area (TPSA) is 52.6 Å². The summed E-state index contributed by atoms with van der Waals surface area (Å²) in [7, 11) is 0. The highest BCUT2D eigenvalue weighted by molar-refractivity contribution is 5.75. The van der Waals surface area contributed by atoms with Gasteiger partial charge in [-0.1, -0.05) is 18.2 Å². The molecule has 1 heterocycles. The summed E-state index contributed by atoms with van der Waals surface area (Å²) in [6.07, 6.45) is 5.32. The first-order valence-electron chi connectivity index (χ1n) is 8.98. The van der Waals surface area contributed by atoms with Crippen LogP contribution >= 0.6 is 0 Å². The van der Waals surface area contributed by atoms with Gasteiger partial charge in [0.25, 0.3) is 0 Å². The first kappa shape index (κ1) is 15.0. The summed E-state index contributed by atoms with van der Waals surface area (Å²) >= 11 is 0. The lowest BCUT2D eigenvalue weighted by molar-refractivity contribution is 0.129. The molecule has 4 rings (SSSR count). The average Bonchev–Trinajstić information content (AvgIpc) is 3.15. The second-order valence-electron chi connectivity index (χ2n) is 7.48. The van der Waals surface area contributed by atoms with Gasteiger partial charge in [-0.15, -0.1) is 0 Å². The Morgan fingerprint density at radius 2 is 2.26 bits per heavy atom. The molecular formula is C19H26N2O2. The second-order valence-corrected chi connectivity index (χ2v) is 7.48. The van der Waals surface area contributed by atoms with Crippen LogP contribution in [-0.2, 0) is 6.42 Å². The molecule has 4 unspecified atom stereocenters. The van der Waals surface area contributed by atoms with Crippen LogP contribution in [0.2, 0.25) is 0 Å². The number of nitrogens with zero attached hydrogens (tertiary/aromatic N) is 1. The Balaban J connectivity index is 1.47. The summed E-state index contributed by atoms with van der Waals surface area (Å²) in [5.41, 5.74) is 4.35. The largest absolute Gasteiger partial charge is 0.393 e. The van der Waals surface area contributed by atoms with Crippen LogP contribution in [0.5, 0.6) is 0 Å². The third kappa shape index (κ3) is 2.63. The standard InChI is InChI=1S/C19H26N2O2/c1-12(22)15-8-9-21(11-15)19(23)20-17-10-14-6-2-4-13-5-3-7-16(17)18(13)14/h3,5,7,12,14-15,17,22H,2,4,6,8-11H2,1H3,(H,20,23). The smallest absolute Gasteiger partial charge is 0.317 e. The van der Waals surface area contributed by atoms with Crippen molar-refractivity contribution < 1.29 is 9.90 Å². The van der Waals surface area contributed by atoms with E-state index in [1.807, 2.05) is 11.8 Å². The molecule has 4 atom stereocenters. The van der Waals surface area contributed by atoms with Crippen molar-refractivity contribution in [3.8, 4) is 0 Å². The van der Waals surface area contributed by atoms with Crippen LogP contribution < -0.4 is 5.32 Å². The molecule has 0 spiro atoms. The maximum Gasteiger partial charge on any atom is 0.317 e. The first-order valence-corrected chi connectivity index (χ1v) is 8.98. The summed E-state index contributed by atoms with van der Waals surface area (Å²) in [5.74, 6) is 0.849. The van der Waals surface area contributed by atoms with Crippen LogP contribution in [0.15, 0.2) is 18.2 Å². The lowest BCUT2D eigenvalue weighted by atomic mass is 9.84. The number of urea groups is 1. The highest BCUT2D eigenvalue weighted by Gasteiger charge is 2.37. The summed E-state index contributed by atoms with van der Waals surface area (Å²) in [6.45, 7) is 3.25. The highest BCUT2D eigenvalue weighted by Crippen LogP contribution is 2.47. The minimum absolute atomic E-state index is 0.0365. The molecular weight excluding hydrogens is 288 g/mol. The highest BCUT2D eigenvalue weighted by atomic mass is 16.3. The number of likely N-dealkylation sites (tertiary alicyclic amines) is 1. The molecule has 1 aliphatic heterocycles. The zero-order valence-corrected chi connectivity index (χ0v) is 13.8. The molecule has 0 bridgehead atoms. The van der Waals surface area contributed by atoms with Gasteiger partial charge in [-0.05, 0) is 61.6 Å². The molecule has 0 radical (unpaired) electrons. The van der Waals surface area contributed by atoms with Crippen LogP contribution in [0.25, 0.3) is 0 Å². The van der Waals surface area contributed by atoms with Gasteiger partial charge in [-0.3, -0.25) is 0 Å². The van der Waals surface area contributed by atoms with E-state index in [1.54, 1.807) is 0 Å². The minimum Gasteiger partial charge on any atom is -0.393 e. The monoisotopic (exact) mass is 314 g/mol. The van der Waals surface area contributed by atoms with Crippen molar-refractivity contribution in [1.29, 1.82) is 0 Å². The Bertz CT molecular complexity index is 613. The van der Waals surface area contributed by atoms with E-state index in [2.05, 4.69) is 23.5 Å². The summed E-state index contributed by atoms with van der Waals surface area (Å²) < 4.78 is 0. The predicted octanol–water partition coefficient (Wildman–Crippen LogP) is 2.96. The third-order valence-electron chi connectivity index (χ3n) is 6.02. The summed E-state index contributed by atoms with van der Waals surface area (Å²) in [6, 6.07) is 6.78. The van der Waals surface area contributed by atoms with Gasteiger partial charge in [0.05, 0.1) is 12.1 Å². The number of aliphatic hydroxyl groups is 1. The van der Waals surface area contributed by atoms with Gasteiger partial charge >= 0.3 is 6.03 Å². The van der Waals surface area contributed by atoms with Gasteiger partial charge in [0.2, 0.25) is 0 Å². The Morgan fingerprint density at radius 1 is 1.39 bits per heavy atom. The molecule has 3 aliphatic rings. The van der Waals surface area contributed by atoms with Crippen molar-refractivity contribution in [2.24, 2.45) is 5.92 Å². The van der Waals surface area contributed by atoms with Crippen molar-refractivity contribution in [1.82, 2.24) is 10.2 Å². The van der Waals surface area contributed by atoms with Gasteiger partial charge in [0.1, 0.15) is 0 Å². The van der Waals surface area contributed by atoms with Crippen molar-refractivity contribution in [3.63, 3.8) is 0 Å². The number of hydrogen-bond donors (Lipinski definition) is 2. The van der Waals surface area contributed by atoms with Gasteiger partial charge in [0, 0.05) is 19.0 Å². The van der Waals surface area contributed by atoms with Crippen LogP contribution in [-0.4, -0.2) is 35.2 Å². The molecule has 0 aromatic heterocycles. The zero-order chi connectivity index (χ0) is 16.0. The fourth-order valence-electron chi connectivity index (χ4n) is 4.73. The van der Waals surface area contributed by atoms with E-state index < -0.39 is 0 Å². The SMILES string of the molecule is CC(O)C1CCN(C(=O)NC2CC3CCCc4cccc2c43)C1. The number of aliphatic hydroxyl groups excluding tert-OH is 1. The molecule has 1 aromatic carbocycles. The minimum atomic E-state index is -0.332. The number of aryl methyl sites for hydroxylation is 1. The fraction of sp³-hybridized carbons (Fsp3) is 0.632. The summed E-state index contributed by atoms with van der Waals surface area (Å²) in [5, 5.41) is 13.0. The normalized spacial score (nSPS) is 30.2. The van der Waals surface area contributed by atoms with E-state index in [1.165, 1.54) is 36.0 Å². The number of nitrogens with one attached hydrogen (secondary N) is 1. The molecule has 124 valence electrons. The van der Waals surface area contributed by atoms with E-state index in [9.17, 15) is 9.90 Å². The zero-order valence-electron chi connectivity index (χ0n) is 13.8. The Hall–Kier alpha value is -1.55. The van der Waals surface area contributed by atoms with E-state index >= 15 is 0 Å². The summed E-state index contributed by atoms with van der Waals surface area (Å²) in [4.78, 5) is 14.5. The number of rotatable bonds is 2. The molecule has 2 amide bonds. The van der Waals surface area contributed by atoms with E-state index in [0.717, 1.165) is 19.4 Å². The van der Waals surface area contributed by atoms with Gasteiger partial charge < -0.3 is 15.3 Å². The lowest BCUT2D eigenvalue weighted by Gasteiger charge is -2.22. The van der Waals surface area contributed by atoms with Gasteiger partial charge in [-0.2, -0.15) is 0 Å². The lowest BCUT2D eigenvalue weighted by Crippen LogP contribution is -2.40. The van der Waals surface area contributed by atoms with Crippen molar-refractivity contribution in [3.05, 3.63) is 34.9 Å². The number of benzene rings is 1. The van der Waals surface area contributed by atoms with Crippen LogP contribution in [0.1, 0.15) is 61.3 Å². The fourth-order valence-corrected chi connectivity index (χ4v) is 4.73. The van der Waals surface area contributed by atoms with Gasteiger partial charge in [0.15, 0.2) is 0 Å². The van der Waals surface area contributed by atoms with E-state index in [4.69, 9.17) is 0 Å². The Labute approximate surface area is 137 Å². The molecule has 23 heavy (non-hydrogen) atoms. The molecule has 2 aliphatic carbocycles. The Morgan fingerprint density at radius 3 is 3.04 bits per heavy atom. The maximum atomic E-state index is 12.6. The maximum absolute atomic E-state index is 12.6. The van der Waals surface area contributed by atoms with Crippen LogP contribution in [0.4, 0.5) is 4.79 Å². The molecule has 2 N–H and O–H groups in total. The molecule has 4 nitrogen and oxygen atoms in total. The van der Waals surface area contributed by atoms with E-state index in [0.29, 0.717) is 12.5 Å². The van der Waals surface area contributed by atoms with Crippen molar-refractivity contribution in [2.75, 3.05) is 13.1 Å². The third-order valence-corrected chi connectivity index (χ3v) is 6.02.